The molecule has 0 atom stereocenters. The predicted octanol–water partition coefficient (Wildman–Crippen LogP) is 0.772. The molecular formula is C9H8N3O2. The standard InChI is InChI=1S/C9H8N3O2/c1-14-7-3-2-6-5-11-12(9(10)13)8(6)4-7/h2,4-5H,1H3,(H2,10,13). The molecule has 2 rings (SSSR count). The van der Waals surface area contributed by atoms with E-state index in [-0.39, 0.29) is 0 Å². The topological polar surface area (TPSA) is 70.1 Å². The summed E-state index contributed by atoms with van der Waals surface area (Å²) in [5.74, 6) is 0.542. The maximum atomic E-state index is 10.9. The summed E-state index contributed by atoms with van der Waals surface area (Å²) in [6.07, 6.45) is 1.55. The fraction of sp³-hybridized carbons (Fsp3) is 0.111. The zero-order valence-electron chi connectivity index (χ0n) is 7.52. The Morgan fingerprint density at radius 2 is 2.50 bits per heavy atom. The van der Waals surface area contributed by atoms with Crippen molar-refractivity contribution in [2.45, 2.75) is 0 Å². The number of carbonyl (C=O) groups is 1. The number of amides is 1. The lowest BCUT2D eigenvalue weighted by molar-refractivity contribution is 0.248. The fourth-order valence-corrected chi connectivity index (χ4v) is 1.23. The van der Waals surface area contributed by atoms with E-state index in [0.717, 1.165) is 10.1 Å². The second-order valence-electron chi connectivity index (χ2n) is 2.74. The van der Waals surface area contributed by atoms with Gasteiger partial charge in [0.2, 0.25) is 0 Å². The van der Waals surface area contributed by atoms with Crippen LogP contribution in [0.4, 0.5) is 4.79 Å². The number of fused-ring (bicyclic) bond motifs is 1. The Balaban J connectivity index is 2.69. The molecule has 2 aromatic rings. The van der Waals surface area contributed by atoms with Crippen molar-refractivity contribution in [2.24, 2.45) is 5.73 Å². The molecule has 0 fully saturated rings. The highest BCUT2D eigenvalue weighted by atomic mass is 16.5. The Hall–Kier alpha value is -2.04. The monoisotopic (exact) mass is 190 g/mol. The van der Waals surface area contributed by atoms with Gasteiger partial charge in [0.05, 0.1) is 18.8 Å². The van der Waals surface area contributed by atoms with Crippen molar-refractivity contribution < 1.29 is 9.53 Å². The summed E-state index contributed by atoms with van der Waals surface area (Å²) < 4.78 is 6.09. The van der Waals surface area contributed by atoms with Gasteiger partial charge in [0.25, 0.3) is 0 Å². The molecule has 1 aromatic heterocycles. The first-order chi connectivity index (χ1) is 6.72. The highest BCUT2D eigenvalue weighted by molar-refractivity contribution is 5.89. The molecule has 5 nitrogen and oxygen atoms in total. The Kier molecular flexibility index (Phi) is 1.85. The van der Waals surface area contributed by atoms with Crippen LogP contribution in [-0.4, -0.2) is 22.9 Å². The quantitative estimate of drug-likeness (QED) is 0.722. The molecule has 0 unspecified atom stereocenters. The minimum atomic E-state index is -0.617. The third-order valence-electron chi connectivity index (χ3n) is 1.90. The summed E-state index contributed by atoms with van der Waals surface area (Å²) in [6.45, 7) is 0. The Bertz CT molecular complexity index is 490. The van der Waals surface area contributed by atoms with Crippen molar-refractivity contribution in [3.63, 3.8) is 0 Å². The molecule has 1 heterocycles. The van der Waals surface area contributed by atoms with Crippen LogP contribution < -0.4 is 10.5 Å². The van der Waals surface area contributed by atoms with Gasteiger partial charge >= 0.3 is 6.03 Å². The Labute approximate surface area is 80.1 Å². The maximum absolute atomic E-state index is 10.9. The van der Waals surface area contributed by atoms with Gasteiger partial charge in [-0.15, -0.1) is 0 Å². The van der Waals surface area contributed by atoms with Crippen LogP contribution in [0, 0.1) is 6.07 Å². The number of hydrogen-bond acceptors (Lipinski definition) is 3. The number of nitrogens with zero attached hydrogens (tertiary/aromatic N) is 2. The molecule has 0 aliphatic rings. The maximum Gasteiger partial charge on any atom is 0.340 e. The van der Waals surface area contributed by atoms with E-state index in [9.17, 15) is 4.79 Å². The molecule has 2 N–H and O–H groups in total. The van der Waals surface area contributed by atoms with Crippen molar-refractivity contribution >= 4 is 16.9 Å². The number of nitrogens with two attached hydrogens (primary N) is 1. The van der Waals surface area contributed by atoms with Crippen LogP contribution in [0.5, 0.6) is 5.75 Å². The van der Waals surface area contributed by atoms with Gasteiger partial charge in [-0.3, -0.25) is 0 Å². The molecule has 0 saturated carbocycles. The van der Waals surface area contributed by atoms with Crippen molar-refractivity contribution in [2.75, 3.05) is 7.11 Å². The van der Waals surface area contributed by atoms with Crippen LogP contribution in [0.3, 0.4) is 0 Å². The summed E-state index contributed by atoms with van der Waals surface area (Å²) >= 11 is 0. The van der Waals surface area contributed by atoms with Crippen LogP contribution in [0.1, 0.15) is 0 Å². The Morgan fingerprint density at radius 3 is 3.14 bits per heavy atom. The largest absolute Gasteiger partial charge is 0.496 e. The van der Waals surface area contributed by atoms with Gasteiger partial charge in [-0.25, -0.2) is 4.79 Å². The van der Waals surface area contributed by atoms with Crippen molar-refractivity contribution in [3.05, 3.63) is 24.4 Å². The molecule has 0 aliphatic heterocycles. The zero-order chi connectivity index (χ0) is 10.1. The third-order valence-corrected chi connectivity index (χ3v) is 1.90. The van der Waals surface area contributed by atoms with Gasteiger partial charge in [0, 0.05) is 17.5 Å². The molecule has 0 spiro atoms. The molecule has 0 saturated heterocycles. The van der Waals surface area contributed by atoms with E-state index >= 15 is 0 Å². The summed E-state index contributed by atoms with van der Waals surface area (Å²) in [7, 11) is 1.53. The molecule has 0 aliphatic carbocycles. The summed E-state index contributed by atoms with van der Waals surface area (Å²) in [6, 6.07) is 5.62. The summed E-state index contributed by atoms with van der Waals surface area (Å²) in [4.78, 5) is 10.9. The van der Waals surface area contributed by atoms with Crippen LogP contribution in [-0.2, 0) is 0 Å². The van der Waals surface area contributed by atoms with E-state index in [1.165, 1.54) is 7.11 Å². The van der Waals surface area contributed by atoms with Crippen molar-refractivity contribution in [1.82, 2.24) is 9.78 Å². The van der Waals surface area contributed by atoms with Crippen LogP contribution >= 0.6 is 0 Å². The van der Waals surface area contributed by atoms with Gasteiger partial charge in [-0.1, -0.05) is 0 Å². The number of methoxy groups -OCH3 is 1. The zero-order valence-corrected chi connectivity index (χ0v) is 7.52. The average Bonchev–Trinajstić information content (AvgIpc) is 2.59. The van der Waals surface area contributed by atoms with Crippen LogP contribution in [0.15, 0.2) is 18.3 Å². The highest BCUT2D eigenvalue weighted by Gasteiger charge is 2.07. The molecule has 0 bridgehead atoms. The average molecular weight is 190 g/mol. The predicted molar refractivity (Wildman–Crippen MR) is 50.1 cm³/mol. The van der Waals surface area contributed by atoms with E-state index in [1.807, 2.05) is 0 Å². The third kappa shape index (κ3) is 1.19. The lowest BCUT2D eigenvalue weighted by atomic mass is 10.2. The Morgan fingerprint density at radius 1 is 1.71 bits per heavy atom. The van der Waals surface area contributed by atoms with Crippen LogP contribution in [0.2, 0.25) is 0 Å². The first-order valence-corrected chi connectivity index (χ1v) is 3.95. The van der Waals surface area contributed by atoms with E-state index < -0.39 is 6.03 Å². The van der Waals surface area contributed by atoms with Crippen molar-refractivity contribution in [1.29, 1.82) is 0 Å². The van der Waals surface area contributed by atoms with Gasteiger partial charge in [-0.05, 0) is 6.07 Å². The molecule has 1 radical (unpaired) electrons. The number of ether oxygens (including phenoxy) is 1. The number of carbonyl (C=O) groups excluding carboxylic acids is 1. The number of benzene rings is 1. The smallest absolute Gasteiger partial charge is 0.340 e. The lowest BCUT2D eigenvalue weighted by Crippen LogP contribution is -2.20. The molecule has 1 amide bonds. The fourth-order valence-electron chi connectivity index (χ4n) is 1.23. The van der Waals surface area contributed by atoms with Gasteiger partial charge in [0.1, 0.15) is 5.75 Å². The van der Waals surface area contributed by atoms with E-state index in [4.69, 9.17) is 10.5 Å². The lowest BCUT2D eigenvalue weighted by Gasteiger charge is -1.99. The van der Waals surface area contributed by atoms with E-state index in [1.54, 1.807) is 18.3 Å². The van der Waals surface area contributed by atoms with Crippen LogP contribution in [0.25, 0.3) is 10.9 Å². The number of aromatic nitrogens is 2. The highest BCUT2D eigenvalue weighted by Crippen LogP contribution is 2.19. The normalized spacial score (nSPS) is 10.4. The minimum Gasteiger partial charge on any atom is -0.496 e. The number of primary amides is 1. The SMILES string of the molecule is COc1[c]cc2cnn(C(N)=O)c2c1. The number of rotatable bonds is 1. The first-order valence-electron chi connectivity index (χ1n) is 3.95. The van der Waals surface area contributed by atoms with Gasteiger partial charge < -0.3 is 10.5 Å². The van der Waals surface area contributed by atoms with E-state index in [0.29, 0.717) is 11.3 Å². The molecular weight excluding hydrogens is 182 g/mol. The molecule has 1 aromatic carbocycles. The second kappa shape index (κ2) is 3.02. The first kappa shape index (κ1) is 8.55. The minimum absolute atomic E-state index is 0.542. The summed E-state index contributed by atoms with van der Waals surface area (Å²) in [5, 5.41) is 4.63. The van der Waals surface area contributed by atoms with Gasteiger partial charge in [-0.2, -0.15) is 9.78 Å². The molecule has 5 heteroatoms. The number of hydrogen-bond donors (Lipinski definition) is 1. The molecule has 71 valence electrons. The second-order valence-corrected chi connectivity index (χ2v) is 2.74. The van der Waals surface area contributed by atoms with Crippen molar-refractivity contribution in [3.8, 4) is 5.75 Å². The summed E-state index contributed by atoms with van der Waals surface area (Å²) in [5.41, 5.74) is 5.74. The van der Waals surface area contributed by atoms with Gasteiger partial charge in [0.15, 0.2) is 0 Å². The molecule has 14 heavy (non-hydrogen) atoms. The van der Waals surface area contributed by atoms with E-state index in [2.05, 4.69) is 11.2 Å².